The molecular formula is C23H26N2O2S. The average Bonchev–Trinajstić information content (AvgIpc) is 2.91. The minimum absolute atomic E-state index is 0.0223. The summed E-state index contributed by atoms with van der Waals surface area (Å²) < 4.78 is 5.89. The monoisotopic (exact) mass is 394 g/mol. The van der Waals surface area contributed by atoms with Crippen LogP contribution in [0.4, 0.5) is 5.69 Å². The second-order valence-electron chi connectivity index (χ2n) is 7.49. The van der Waals surface area contributed by atoms with E-state index in [1.54, 1.807) is 18.2 Å². The van der Waals surface area contributed by atoms with Crippen LogP contribution < -0.4 is 15.8 Å². The summed E-state index contributed by atoms with van der Waals surface area (Å²) in [5.74, 6) is 0.255. The van der Waals surface area contributed by atoms with Crippen molar-refractivity contribution < 1.29 is 9.53 Å². The summed E-state index contributed by atoms with van der Waals surface area (Å²) >= 11 is 5.63. The quantitative estimate of drug-likeness (QED) is 0.684. The molecule has 2 aromatic rings. The van der Waals surface area contributed by atoms with Gasteiger partial charge < -0.3 is 15.8 Å². The van der Waals surface area contributed by atoms with Crippen molar-refractivity contribution in [3.8, 4) is 5.75 Å². The van der Waals surface area contributed by atoms with Crippen molar-refractivity contribution in [2.45, 2.75) is 46.6 Å². The Balaban J connectivity index is 1.83. The Bertz CT molecular complexity index is 977. The van der Waals surface area contributed by atoms with Crippen molar-refractivity contribution in [2.75, 3.05) is 5.32 Å². The van der Waals surface area contributed by atoms with E-state index in [2.05, 4.69) is 31.3 Å². The number of hydrogen-bond donors (Lipinski definition) is 2. The number of primary amides is 1. The molecule has 0 saturated heterocycles. The Morgan fingerprint density at radius 2 is 2.00 bits per heavy atom. The fraction of sp³-hybridized carbons (Fsp3) is 0.304. The molecule has 1 amide bonds. The van der Waals surface area contributed by atoms with Crippen LogP contribution in [-0.4, -0.2) is 17.0 Å². The number of nitrogens with one attached hydrogen (secondary N) is 1. The summed E-state index contributed by atoms with van der Waals surface area (Å²) in [7, 11) is 0. The van der Waals surface area contributed by atoms with E-state index in [1.807, 2.05) is 19.9 Å². The number of allylic oxidation sites excluding steroid dienone is 2. The molecule has 0 bridgehead atoms. The van der Waals surface area contributed by atoms with Gasteiger partial charge in [0.1, 0.15) is 5.75 Å². The number of amides is 1. The van der Waals surface area contributed by atoms with Gasteiger partial charge in [-0.05, 0) is 75.1 Å². The van der Waals surface area contributed by atoms with Gasteiger partial charge in [-0.2, -0.15) is 0 Å². The van der Waals surface area contributed by atoms with Crippen molar-refractivity contribution in [3.05, 3.63) is 64.2 Å². The Morgan fingerprint density at radius 1 is 1.25 bits per heavy atom. The lowest BCUT2D eigenvalue weighted by atomic mass is 10.0. The van der Waals surface area contributed by atoms with Crippen molar-refractivity contribution in [2.24, 2.45) is 5.73 Å². The van der Waals surface area contributed by atoms with E-state index in [-0.39, 0.29) is 6.10 Å². The Labute approximate surface area is 171 Å². The van der Waals surface area contributed by atoms with Gasteiger partial charge in [0, 0.05) is 23.2 Å². The highest BCUT2D eigenvalue weighted by atomic mass is 32.1. The molecule has 146 valence electrons. The van der Waals surface area contributed by atoms with E-state index < -0.39 is 5.91 Å². The number of fused-ring (bicyclic) bond motifs is 1. The van der Waals surface area contributed by atoms with Gasteiger partial charge in [0.05, 0.1) is 11.1 Å². The summed E-state index contributed by atoms with van der Waals surface area (Å²) in [6.07, 6.45) is 1.42. The molecule has 0 spiro atoms. The predicted octanol–water partition coefficient (Wildman–Crippen LogP) is 4.90. The summed E-state index contributed by atoms with van der Waals surface area (Å²) in [5.41, 5.74) is 13.1. The smallest absolute Gasteiger partial charge is 0.248 e. The minimum Gasteiger partial charge on any atom is -0.491 e. The van der Waals surface area contributed by atoms with Gasteiger partial charge in [-0.25, -0.2) is 0 Å². The Kier molecular flexibility index (Phi) is 5.84. The van der Waals surface area contributed by atoms with Gasteiger partial charge in [0.25, 0.3) is 0 Å². The number of carbonyl (C=O) groups excluding carboxylic acids is 1. The number of hydrogen-bond acceptors (Lipinski definition) is 3. The summed E-state index contributed by atoms with van der Waals surface area (Å²) in [6, 6.07) is 11.5. The van der Waals surface area contributed by atoms with E-state index in [0.717, 1.165) is 23.4 Å². The number of carbonyl (C=O) groups is 1. The molecule has 2 aromatic carbocycles. The highest BCUT2D eigenvalue weighted by Gasteiger charge is 2.19. The molecule has 0 heterocycles. The topological polar surface area (TPSA) is 64.3 Å². The first-order chi connectivity index (χ1) is 13.3. The van der Waals surface area contributed by atoms with Crippen LogP contribution in [0.25, 0.3) is 5.57 Å². The first kappa shape index (κ1) is 20.1. The maximum Gasteiger partial charge on any atom is 0.248 e. The molecule has 4 nitrogen and oxygen atoms in total. The number of rotatable bonds is 6. The molecule has 0 unspecified atom stereocenters. The number of thiocarbonyl (C=S) groups is 1. The van der Waals surface area contributed by atoms with E-state index in [1.165, 1.54) is 22.3 Å². The van der Waals surface area contributed by atoms with E-state index in [4.69, 9.17) is 22.7 Å². The van der Waals surface area contributed by atoms with Crippen LogP contribution >= 0.6 is 12.2 Å². The third-order valence-electron chi connectivity index (χ3n) is 4.99. The first-order valence-corrected chi connectivity index (χ1v) is 9.85. The Morgan fingerprint density at radius 3 is 2.68 bits per heavy atom. The predicted molar refractivity (Wildman–Crippen MR) is 119 cm³/mol. The van der Waals surface area contributed by atoms with Gasteiger partial charge >= 0.3 is 0 Å². The molecule has 5 heteroatoms. The van der Waals surface area contributed by atoms with Crippen LogP contribution in [0.1, 0.15) is 54.7 Å². The zero-order valence-electron chi connectivity index (χ0n) is 16.8. The van der Waals surface area contributed by atoms with Crippen molar-refractivity contribution in [1.29, 1.82) is 0 Å². The largest absolute Gasteiger partial charge is 0.491 e. The summed E-state index contributed by atoms with van der Waals surface area (Å²) in [4.78, 5) is 12.3. The van der Waals surface area contributed by atoms with Gasteiger partial charge in [0.15, 0.2) is 0 Å². The summed E-state index contributed by atoms with van der Waals surface area (Å²) in [6.45, 7) is 8.26. The molecule has 0 aliphatic heterocycles. The van der Waals surface area contributed by atoms with E-state index >= 15 is 0 Å². The maximum absolute atomic E-state index is 11.6. The standard InChI is InChI=1S/C23H26N2O2S/c1-13(2)27-21-9-8-16(23(24)26)11-17(21)12-22(28)25-20-7-5-6-18-15(4)14(3)10-19(18)20/h5-9,11,13H,10,12H2,1-4H3,(H2,24,26)(H,25,28). The third kappa shape index (κ3) is 4.25. The molecule has 3 N–H and O–H groups in total. The van der Waals surface area contributed by atoms with Crippen molar-refractivity contribution >= 4 is 34.4 Å². The molecule has 0 radical (unpaired) electrons. The second kappa shape index (κ2) is 8.15. The van der Waals surface area contributed by atoms with E-state index in [9.17, 15) is 4.79 Å². The maximum atomic E-state index is 11.6. The van der Waals surface area contributed by atoms with Crippen molar-refractivity contribution in [1.82, 2.24) is 0 Å². The van der Waals surface area contributed by atoms with Crippen LogP contribution in [0, 0.1) is 0 Å². The average molecular weight is 395 g/mol. The van der Waals surface area contributed by atoms with E-state index in [0.29, 0.717) is 17.0 Å². The third-order valence-corrected chi connectivity index (χ3v) is 5.24. The summed E-state index contributed by atoms with van der Waals surface area (Å²) in [5, 5.41) is 3.39. The van der Waals surface area contributed by atoms with Gasteiger partial charge in [-0.15, -0.1) is 0 Å². The molecule has 28 heavy (non-hydrogen) atoms. The lowest BCUT2D eigenvalue weighted by molar-refractivity contribution is 0.1000. The van der Waals surface area contributed by atoms with Crippen LogP contribution in [-0.2, 0) is 12.8 Å². The second-order valence-corrected chi connectivity index (χ2v) is 7.98. The van der Waals surface area contributed by atoms with Crippen LogP contribution in [0.5, 0.6) is 5.75 Å². The highest BCUT2D eigenvalue weighted by molar-refractivity contribution is 7.80. The molecule has 0 fully saturated rings. The molecule has 0 aromatic heterocycles. The number of nitrogens with two attached hydrogens (primary N) is 1. The number of benzene rings is 2. The van der Waals surface area contributed by atoms with Crippen molar-refractivity contribution in [3.63, 3.8) is 0 Å². The highest BCUT2D eigenvalue weighted by Crippen LogP contribution is 2.36. The Hall–Kier alpha value is -2.66. The normalized spacial score (nSPS) is 12.9. The molecule has 0 atom stereocenters. The van der Waals surface area contributed by atoms with Crippen LogP contribution in [0.2, 0.25) is 0 Å². The molecule has 1 aliphatic rings. The van der Waals surface area contributed by atoms with Crippen LogP contribution in [0.15, 0.2) is 42.0 Å². The first-order valence-electron chi connectivity index (χ1n) is 9.44. The molecule has 1 aliphatic carbocycles. The lowest BCUT2D eigenvalue weighted by Crippen LogP contribution is -2.17. The number of ether oxygens (including phenoxy) is 1. The molecule has 0 saturated carbocycles. The minimum atomic E-state index is -0.464. The SMILES string of the molecule is CC1=C(C)c2cccc(NC(=S)Cc3cc(C(N)=O)ccc3OC(C)C)c2C1. The fourth-order valence-corrected chi connectivity index (χ4v) is 3.75. The van der Waals surface area contributed by atoms with Gasteiger partial charge in [-0.3, -0.25) is 4.79 Å². The fourth-order valence-electron chi connectivity index (χ4n) is 3.48. The molecular weight excluding hydrogens is 368 g/mol. The zero-order chi connectivity index (χ0) is 20.4. The zero-order valence-corrected chi connectivity index (χ0v) is 17.6. The van der Waals surface area contributed by atoms with Crippen LogP contribution in [0.3, 0.4) is 0 Å². The number of anilines is 1. The van der Waals surface area contributed by atoms with Gasteiger partial charge in [0.2, 0.25) is 5.91 Å². The molecule has 3 rings (SSSR count). The lowest BCUT2D eigenvalue weighted by Gasteiger charge is -2.17. The van der Waals surface area contributed by atoms with Gasteiger partial charge in [-0.1, -0.05) is 29.9 Å².